The minimum absolute atomic E-state index is 0.580. The molecule has 20 heavy (non-hydrogen) atoms. The highest BCUT2D eigenvalue weighted by Crippen LogP contribution is 2.24. The first kappa shape index (κ1) is 15.1. The summed E-state index contributed by atoms with van der Waals surface area (Å²) in [6, 6.07) is 2.70. The zero-order chi connectivity index (χ0) is 14.4. The van der Waals surface area contributed by atoms with Crippen molar-refractivity contribution in [1.82, 2.24) is 9.97 Å². The van der Waals surface area contributed by atoms with Crippen molar-refractivity contribution >= 4 is 11.6 Å². The number of rotatable bonds is 5. The van der Waals surface area contributed by atoms with E-state index in [0.29, 0.717) is 6.04 Å². The van der Waals surface area contributed by atoms with Gasteiger partial charge < -0.3 is 10.2 Å². The summed E-state index contributed by atoms with van der Waals surface area (Å²) in [5, 5.41) is 3.34. The largest absolute Gasteiger partial charge is 0.370 e. The highest BCUT2D eigenvalue weighted by Gasteiger charge is 2.19. The Morgan fingerprint density at radius 2 is 2.10 bits per heavy atom. The number of nitrogens with one attached hydrogen (secondary N) is 1. The average Bonchev–Trinajstić information content (AvgIpc) is 2.64. The summed E-state index contributed by atoms with van der Waals surface area (Å²) in [4.78, 5) is 11.9. The third-order valence-corrected chi connectivity index (χ3v) is 3.94. The van der Waals surface area contributed by atoms with Gasteiger partial charge in [0, 0.05) is 31.6 Å². The molecule has 2 rings (SSSR count). The minimum Gasteiger partial charge on any atom is -0.370 e. The van der Waals surface area contributed by atoms with Crippen LogP contribution >= 0.6 is 0 Å². The molecule has 1 atom stereocenters. The molecule has 0 amide bonds. The van der Waals surface area contributed by atoms with Crippen LogP contribution in [0.4, 0.5) is 11.6 Å². The van der Waals surface area contributed by atoms with E-state index < -0.39 is 0 Å². The SMILES string of the molecule is CCCc1nc(NCC)cc(N2CCCCCC2C)n1. The van der Waals surface area contributed by atoms with E-state index in [0.717, 1.165) is 43.4 Å². The first-order valence-electron chi connectivity index (χ1n) is 8.13. The van der Waals surface area contributed by atoms with Crippen molar-refractivity contribution in [2.45, 2.75) is 65.3 Å². The molecule has 1 aromatic heterocycles. The van der Waals surface area contributed by atoms with Gasteiger partial charge in [0.2, 0.25) is 0 Å². The van der Waals surface area contributed by atoms with Gasteiger partial charge in [-0.15, -0.1) is 0 Å². The second-order valence-electron chi connectivity index (χ2n) is 5.70. The highest BCUT2D eigenvalue weighted by atomic mass is 15.2. The molecule has 1 aromatic rings. The number of nitrogens with zero attached hydrogens (tertiary/aromatic N) is 3. The number of aryl methyl sites for hydroxylation is 1. The molecule has 1 fully saturated rings. The van der Waals surface area contributed by atoms with E-state index in [4.69, 9.17) is 4.98 Å². The van der Waals surface area contributed by atoms with Gasteiger partial charge in [-0.2, -0.15) is 0 Å². The number of anilines is 2. The lowest BCUT2D eigenvalue weighted by Crippen LogP contribution is -2.33. The fourth-order valence-corrected chi connectivity index (χ4v) is 2.85. The van der Waals surface area contributed by atoms with Gasteiger partial charge in [0.15, 0.2) is 0 Å². The van der Waals surface area contributed by atoms with Gasteiger partial charge in [-0.3, -0.25) is 0 Å². The summed E-state index contributed by atoms with van der Waals surface area (Å²) >= 11 is 0. The topological polar surface area (TPSA) is 41.1 Å². The minimum atomic E-state index is 0.580. The van der Waals surface area contributed by atoms with Crippen molar-refractivity contribution < 1.29 is 0 Å². The number of aromatic nitrogens is 2. The second-order valence-corrected chi connectivity index (χ2v) is 5.70. The molecule has 1 saturated heterocycles. The quantitative estimate of drug-likeness (QED) is 0.891. The molecule has 1 aliphatic heterocycles. The van der Waals surface area contributed by atoms with Gasteiger partial charge in [0.25, 0.3) is 0 Å². The van der Waals surface area contributed by atoms with Crippen molar-refractivity contribution in [3.63, 3.8) is 0 Å². The summed E-state index contributed by atoms with van der Waals surface area (Å²) in [5.74, 6) is 3.04. The second kappa shape index (κ2) is 7.46. The van der Waals surface area contributed by atoms with Crippen LogP contribution in [0.3, 0.4) is 0 Å². The Bertz CT molecular complexity index is 395. The molecule has 1 unspecified atom stereocenters. The Morgan fingerprint density at radius 1 is 1.25 bits per heavy atom. The van der Waals surface area contributed by atoms with Crippen LogP contribution < -0.4 is 10.2 Å². The molecule has 0 bridgehead atoms. The molecule has 0 aromatic carbocycles. The van der Waals surface area contributed by atoms with Crippen molar-refractivity contribution in [3.8, 4) is 0 Å². The van der Waals surface area contributed by atoms with Gasteiger partial charge in [0.1, 0.15) is 17.5 Å². The molecular formula is C16H28N4. The van der Waals surface area contributed by atoms with Crippen LogP contribution in [0.15, 0.2) is 6.07 Å². The maximum absolute atomic E-state index is 4.80. The molecule has 1 aliphatic rings. The summed E-state index contributed by atoms with van der Waals surface area (Å²) in [6.45, 7) is 8.63. The van der Waals surface area contributed by atoms with Crippen molar-refractivity contribution in [1.29, 1.82) is 0 Å². The summed E-state index contributed by atoms with van der Waals surface area (Å²) in [7, 11) is 0. The van der Waals surface area contributed by atoms with Gasteiger partial charge in [-0.1, -0.05) is 19.8 Å². The molecule has 0 aliphatic carbocycles. The number of hydrogen-bond donors (Lipinski definition) is 1. The Balaban J connectivity index is 2.27. The summed E-state index contributed by atoms with van der Waals surface area (Å²) < 4.78 is 0. The summed E-state index contributed by atoms with van der Waals surface area (Å²) in [5.41, 5.74) is 0. The Hall–Kier alpha value is -1.32. The van der Waals surface area contributed by atoms with E-state index in [1.54, 1.807) is 0 Å². The van der Waals surface area contributed by atoms with Crippen LogP contribution in [-0.2, 0) is 6.42 Å². The van der Waals surface area contributed by atoms with Crippen LogP contribution in [0.5, 0.6) is 0 Å². The van der Waals surface area contributed by atoms with Crippen LogP contribution in [0, 0.1) is 0 Å². The van der Waals surface area contributed by atoms with E-state index in [1.807, 2.05) is 0 Å². The van der Waals surface area contributed by atoms with E-state index in [2.05, 4.69) is 42.0 Å². The Labute approximate surface area is 123 Å². The Morgan fingerprint density at radius 3 is 2.85 bits per heavy atom. The monoisotopic (exact) mass is 276 g/mol. The fraction of sp³-hybridized carbons (Fsp3) is 0.750. The van der Waals surface area contributed by atoms with E-state index >= 15 is 0 Å². The van der Waals surface area contributed by atoms with Gasteiger partial charge in [-0.25, -0.2) is 9.97 Å². The lowest BCUT2D eigenvalue weighted by Gasteiger charge is -2.29. The third kappa shape index (κ3) is 3.84. The molecule has 0 spiro atoms. The molecule has 4 heteroatoms. The maximum Gasteiger partial charge on any atom is 0.134 e. The normalized spacial score (nSPS) is 19.8. The predicted octanol–water partition coefficient (Wildman–Crippen LogP) is 3.63. The van der Waals surface area contributed by atoms with Crippen molar-refractivity contribution in [2.75, 3.05) is 23.3 Å². The fourth-order valence-electron chi connectivity index (χ4n) is 2.85. The molecule has 0 radical (unpaired) electrons. The standard InChI is InChI=1S/C16H28N4/c1-4-9-14-18-15(17-5-2)12-16(19-14)20-11-8-6-7-10-13(20)3/h12-13H,4-11H2,1-3H3,(H,17,18,19). The molecule has 1 N–H and O–H groups in total. The number of hydrogen-bond acceptors (Lipinski definition) is 4. The van der Waals surface area contributed by atoms with Crippen LogP contribution in [-0.4, -0.2) is 29.1 Å². The third-order valence-electron chi connectivity index (χ3n) is 3.94. The van der Waals surface area contributed by atoms with Crippen LogP contribution in [0.25, 0.3) is 0 Å². The van der Waals surface area contributed by atoms with Crippen LogP contribution in [0.1, 0.15) is 58.7 Å². The highest BCUT2D eigenvalue weighted by molar-refractivity contribution is 5.50. The van der Waals surface area contributed by atoms with Gasteiger partial charge in [0.05, 0.1) is 0 Å². The van der Waals surface area contributed by atoms with Crippen molar-refractivity contribution in [2.24, 2.45) is 0 Å². The van der Waals surface area contributed by atoms with E-state index in [1.165, 1.54) is 25.7 Å². The predicted molar refractivity (Wildman–Crippen MR) is 85.5 cm³/mol. The van der Waals surface area contributed by atoms with Gasteiger partial charge >= 0.3 is 0 Å². The molecule has 112 valence electrons. The van der Waals surface area contributed by atoms with Crippen LogP contribution in [0.2, 0.25) is 0 Å². The van der Waals surface area contributed by atoms with Crippen molar-refractivity contribution in [3.05, 3.63) is 11.9 Å². The Kier molecular flexibility index (Phi) is 5.62. The maximum atomic E-state index is 4.80. The molecular weight excluding hydrogens is 248 g/mol. The lowest BCUT2D eigenvalue weighted by atomic mass is 10.1. The summed E-state index contributed by atoms with van der Waals surface area (Å²) in [6.07, 6.45) is 7.26. The zero-order valence-electron chi connectivity index (χ0n) is 13.2. The molecule has 2 heterocycles. The van der Waals surface area contributed by atoms with E-state index in [9.17, 15) is 0 Å². The first-order valence-corrected chi connectivity index (χ1v) is 8.13. The smallest absolute Gasteiger partial charge is 0.134 e. The van der Waals surface area contributed by atoms with E-state index in [-0.39, 0.29) is 0 Å². The first-order chi connectivity index (χ1) is 9.74. The van der Waals surface area contributed by atoms with Gasteiger partial charge in [-0.05, 0) is 33.1 Å². The molecule has 0 saturated carbocycles. The molecule has 4 nitrogen and oxygen atoms in total. The lowest BCUT2D eigenvalue weighted by molar-refractivity contribution is 0.609. The average molecular weight is 276 g/mol. The zero-order valence-corrected chi connectivity index (χ0v) is 13.2.